The molecular formula is C24H20BrN3O2. The summed E-state index contributed by atoms with van der Waals surface area (Å²) in [5.74, 6) is -0.549. The molecule has 0 fully saturated rings. The van der Waals surface area contributed by atoms with Gasteiger partial charge in [0, 0.05) is 27.1 Å². The molecule has 0 atom stereocenters. The molecule has 0 aliphatic carbocycles. The molecule has 5 nitrogen and oxygen atoms in total. The zero-order valence-corrected chi connectivity index (χ0v) is 18.1. The van der Waals surface area contributed by atoms with Crippen LogP contribution in [0.5, 0.6) is 5.75 Å². The van der Waals surface area contributed by atoms with E-state index in [2.05, 4.69) is 31.0 Å². The van der Waals surface area contributed by atoms with Gasteiger partial charge in [-0.05, 0) is 64.8 Å². The first kappa shape index (κ1) is 19.9. The number of carbonyl (C=O) groups excluding carboxylic acids is 1. The van der Waals surface area contributed by atoms with Crippen LogP contribution in [0.1, 0.15) is 27.3 Å². The maximum atomic E-state index is 12.6. The van der Waals surface area contributed by atoms with Crippen LogP contribution in [0.25, 0.3) is 16.5 Å². The van der Waals surface area contributed by atoms with Gasteiger partial charge in [-0.2, -0.15) is 5.10 Å². The minimum Gasteiger partial charge on any atom is -0.507 e. The highest BCUT2D eigenvalue weighted by Crippen LogP contribution is 2.29. The molecule has 0 aliphatic heterocycles. The van der Waals surface area contributed by atoms with Gasteiger partial charge in [0.25, 0.3) is 5.91 Å². The molecule has 30 heavy (non-hydrogen) atoms. The number of fused-ring (bicyclic) bond motifs is 1. The van der Waals surface area contributed by atoms with Crippen molar-refractivity contribution in [2.24, 2.45) is 5.10 Å². The van der Waals surface area contributed by atoms with Crippen LogP contribution in [0.15, 0.2) is 76.3 Å². The number of nitrogens with zero attached hydrogens (tertiary/aromatic N) is 2. The summed E-state index contributed by atoms with van der Waals surface area (Å²) in [4.78, 5) is 12.6. The molecular weight excluding hydrogens is 442 g/mol. The van der Waals surface area contributed by atoms with E-state index in [4.69, 9.17) is 0 Å². The van der Waals surface area contributed by atoms with Crippen molar-refractivity contribution in [3.8, 4) is 11.4 Å². The molecule has 4 aromatic rings. The zero-order chi connectivity index (χ0) is 21.3. The van der Waals surface area contributed by atoms with Crippen molar-refractivity contribution in [3.63, 3.8) is 0 Å². The molecule has 1 amide bonds. The lowest BCUT2D eigenvalue weighted by Gasteiger charge is -2.09. The fourth-order valence-corrected chi connectivity index (χ4v) is 4.13. The molecule has 0 aliphatic rings. The summed E-state index contributed by atoms with van der Waals surface area (Å²) in [5, 5.41) is 16.1. The van der Waals surface area contributed by atoms with Gasteiger partial charge in [0.2, 0.25) is 0 Å². The number of phenolic OH excluding ortho intramolecular Hbond substituents is 1. The van der Waals surface area contributed by atoms with Gasteiger partial charge in [-0.3, -0.25) is 4.79 Å². The van der Waals surface area contributed by atoms with Crippen LogP contribution in [-0.4, -0.2) is 21.8 Å². The van der Waals surface area contributed by atoms with E-state index in [1.54, 1.807) is 18.3 Å². The fourth-order valence-electron chi connectivity index (χ4n) is 3.56. The first-order valence-corrected chi connectivity index (χ1v) is 10.2. The van der Waals surface area contributed by atoms with Crippen molar-refractivity contribution in [2.45, 2.75) is 13.8 Å². The van der Waals surface area contributed by atoms with E-state index in [9.17, 15) is 9.90 Å². The van der Waals surface area contributed by atoms with Gasteiger partial charge in [0.15, 0.2) is 0 Å². The first-order chi connectivity index (χ1) is 14.5. The van der Waals surface area contributed by atoms with Gasteiger partial charge in [-0.25, -0.2) is 5.43 Å². The summed E-state index contributed by atoms with van der Waals surface area (Å²) in [6, 6.07) is 20.8. The molecule has 150 valence electrons. The highest BCUT2D eigenvalue weighted by atomic mass is 79.9. The molecule has 1 aromatic heterocycles. The molecule has 0 saturated heterocycles. The molecule has 6 heteroatoms. The third-order valence-corrected chi connectivity index (χ3v) is 6.10. The Hall–Kier alpha value is -3.38. The summed E-state index contributed by atoms with van der Waals surface area (Å²) < 4.78 is 3.04. The molecule has 0 radical (unpaired) electrons. The maximum Gasteiger partial charge on any atom is 0.275 e. The van der Waals surface area contributed by atoms with E-state index in [0.29, 0.717) is 0 Å². The Bertz CT molecular complexity index is 1280. The summed E-state index contributed by atoms with van der Waals surface area (Å²) >= 11 is 3.64. The summed E-state index contributed by atoms with van der Waals surface area (Å²) in [6.07, 6.45) is 1.61. The largest absolute Gasteiger partial charge is 0.507 e. The molecule has 0 unspecified atom stereocenters. The number of hydrogen-bond acceptors (Lipinski definition) is 3. The number of hydrazone groups is 1. The van der Waals surface area contributed by atoms with Gasteiger partial charge >= 0.3 is 0 Å². The highest BCUT2D eigenvalue weighted by molar-refractivity contribution is 9.10. The Morgan fingerprint density at radius 3 is 2.33 bits per heavy atom. The Kier molecular flexibility index (Phi) is 5.42. The topological polar surface area (TPSA) is 66.6 Å². The third-order valence-electron chi connectivity index (χ3n) is 5.10. The second-order valence-corrected chi connectivity index (χ2v) is 7.78. The number of aromatic hydroxyl groups is 1. The van der Waals surface area contributed by atoms with E-state index in [1.807, 2.05) is 68.4 Å². The lowest BCUT2D eigenvalue weighted by molar-refractivity contribution is 0.0952. The number of rotatable bonds is 4. The Morgan fingerprint density at radius 1 is 1.00 bits per heavy atom. The first-order valence-electron chi connectivity index (χ1n) is 9.45. The number of hydrogen-bond donors (Lipinski definition) is 2. The van der Waals surface area contributed by atoms with E-state index in [0.717, 1.165) is 37.9 Å². The maximum absolute atomic E-state index is 12.6. The van der Waals surface area contributed by atoms with Gasteiger partial charge in [-0.1, -0.05) is 42.5 Å². The van der Waals surface area contributed by atoms with Crippen molar-refractivity contribution in [3.05, 3.63) is 93.7 Å². The number of phenols is 1. The third kappa shape index (κ3) is 3.62. The van der Waals surface area contributed by atoms with E-state index in [-0.39, 0.29) is 11.3 Å². The SMILES string of the molecule is Cc1c(Br)c(/C=N\NC(=O)c2cc3ccccc3cc2O)c(C)n1-c1ccccc1. The second-order valence-electron chi connectivity index (χ2n) is 6.99. The van der Waals surface area contributed by atoms with Crippen LogP contribution in [0.4, 0.5) is 0 Å². The standard InChI is InChI=1S/C24H20BrN3O2/c1-15-21(23(25)16(2)28(15)19-10-4-3-5-11-19)14-26-27-24(30)20-12-17-8-6-7-9-18(17)13-22(20)29/h3-14,29H,1-2H3,(H,27,30)/b26-14-. The van der Waals surface area contributed by atoms with Crippen molar-refractivity contribution < 1.29 is 9.90 Å². The lowest BCUT2D eigenvalue weighted by Crippen LogP contribution is -2.17. The molecule has 1 heterocycles. The minimum absolute atomic E-state index is 0.0789. The van der Waals surface area contributed by atoms with Crippen LogP contribution >= 0.6 is 15.9 Å². The van der Waals surface area contributed by atoms with Gasteiger partial charge in [0.05, 0.1) is 11.8 Å². The van der Waals surface area contributed by atoms with Gasteiger partial charge < -0.3 is 9.67 Å². The summed E-state index contributed by atoms with van der Waals surface area (Å²) in [7, 11) is 0. The fraction of sp³-hybridized carbons (Fsp3) is 0.0833. The van der Waals surface area contributed by atoms with E-state index in [1.165, 1.54) is 0 Å². The molecule has 0 saturated carbocycles. The van der Waals surface area contributed by atoms with Crippen LogP contribution in [-0.2, 0) is 0 Å². The zero-order valence-electron chi connectivity index (χ0n) is 16.6. The van der Waals surface area contributed by atoms with E-state index < -0.39 is 5.91 Å². The average molecular weight is 462 g/mol. The minimum atomic E-state index is -0.470. The average Bonchev–Trinajstić information content (AvgIpc) is 2.96. The Labute approximate surface area is 182 Å². The predicted molar refractivity (Wildman–Crippen MR) is 124 cm³/mol. The number of para-hydroxylation sites is 1. The summed E-state index contributed by atoms with van der Waals surface area (Å²) in [6.45, 7) is 4.02. The number of amides is 1. The van der Waals surface area contributed by atoms with Gasteiger partial charge in [-0.15, -0.1) is 0 Å². The summed E-state index contributed by atoms with van der Waals surface area (Å²) in [5.41, 5.74) is 6.66. The Balaban J connectivity index is 1.60. The highest BCUT2D eigenvalue weighted by Gasteiger charge is 2.16. The number of halogens is 1. The Morgan fingerprint density at radius 2 is 1.63 bits per heavy atom. The van der Waals surface area contributed by atoms with Crippen LogP contribution < -0.4 is 5.43 Å². The van der Waals surface area contributed by atoms with Crippen LogP contribution in [0.3, 0.4) is 0 Å². The van der Waals surface area contributed by atoms with Crippen LogP contribution in [0, 0.1) is 13.8 Å². The molecule has 4 rings (SSSR count). The van der Waals surface area contributed by atoms with Crippen molar-refractivity contribution in [2.75, 3.05) is 0 Å². The molecule has 3 aromatic carbocycles. The van der Waals surface area contributed by atoms with E-state index >= 15 is 0 Å². The quantitative estimate of drug-likeness (QED) is 0.312. The molecule has 0 bridgehead atoms. The van der Waals surface area contributed by atoms with Crippen molar-refractivity contribution in [1.29, 1.82) is 0 Å². The molecule has 2 N–H and O–H groups in total. The number of benzene rings is 3. The second kappa shape index (κ2) is 8.16. The lowest BCUT2D eigenvalue weighted by atomic mass is 10.1. The van der Waals surface area contributed by atoms with Crippen molar-refractivity contribution in [1.82, 2.24) is 9.99 Å². The smallest absolute Gasteiger partial charge is 0.275 e. The normalized spacial score (nSPS) is 11.3. The van der Waals surface area contributed by atoms with Gasteiger partial charge in [0.1, 0.15) is 5.75 Å². The molecule has 0 spiro atoms. The monoisotopic (exact) mass is 461 g/mol. The number of carbonyl (C=O) groups is 1. The van der Waals surface area contributed by atoms with Crippen molar-refractivity contribution >= 4 is 38.8 Å². The predicted octanol–water partition coefficient (Wildman–Crippen LogP) is 5.48. The number of aromatic nitrogens is 1. The van der Waals surface area contributed by atoms with Crippen LogP contribution in [0.2, 0.25) is 0 Å². The number of nitrogens with one attached hydrogen (secondary N) is 1.